The van der Waals surface area contributed by atoms with Crippen molar-refractivity contribution in [2.45, 2.75) is 18.1 Å². The Morgan fingerprint density at radius 2 is 2.09 bits per heavy atom. The summed E-state index contributed by atoms with van der Waals surface area (Å²) in [6, 6.07) is 11.4. The van der Waals surface area contributed by atoms with Gasteiger partial charge in [-0.05, 0) is 36.2 Å². The lowest BCUT2D eigenvalue weighted by atomic mass is 9.92. The highest BCUT2D eigenvalue weighted by molar-refractivity contribution is 5.80. The van der Waals surface area contributed by atoms with Crippen molar-refractivity contribution in [3.63, 3.8) is 0 Å². The molecule has 0 amide bonds. The zero-order valence-corrected chi connectivity index (χ0v) is 12.7. The molecule has 2 aromatic rings. The number of fused-ring (bicyclic) bond motifs is 1. The molecule has 2 aliphatic heterocycles. The molecule has 2 aliphatic rings. The van der Waals surface area contributed by atoms with Crippen molar-refractivity contribution < 1.29 is 9.90 Å². The monoisotopic (exact) mass is 309 g/mol. The molecule has 0 spiro atoms. The van der Waals surface area contributed by atoms with Gasteiger partial charge in [0.1, 0.15) is 17.9 Å². The van der Waals surface area contributed by atoms with E-state index in [4.69, 9.17) is 0 Å². The molecule has 0 radical (unpaired) electrons. The summed E-state index contributed by atoms with van der Waals surface area (Å²) >= 11 is 0. The second-order valence-electron chi connectivity index (χ2n) is 6.18. The van der Waals surface area contributed by atoms with Gasteiger partial charge in [0.25, 0.3) is 0 Å². The quantitative estimate of drug-likeness (QED) is 0.751. The lowest BCUT2D eigenvalue weighted by Crippen LogP contribution is -2.28. The Bertz CT molecular complexity index is 755. The number of carbonyl (C=O) groups is 1. The van der Waals surface area contributed by atoms with Crippen LogP contribution in [0.2, 0.25) is 0 Å². The number of nitrogens with one attached hydrogen (secondary N) is 2. The van der Waals surface area contributed by atoms with Crippen molar-refractivity contribution in [3.8, 4) is 0 Å². The summed E-state index contributed by atoms with van der Waals surface area (Å²) in [5.41, 5.74) is 2.98. The van der Waals surface area contributed by atoms with Gasteiger partial charge < -0.3 is 25.1 Å². The summed E-state index contributed by atoms with van der Waals surface area (Å²) in [6.45, 7) is 1.43. The van der Waals surface area contributed by atoms with E-state index >= 15 is 0 Å². The number of aliphatic hydroxyl groups is 1. The van der Waals surface area contributed by atoms with Crippen LogP contribution in [0.25, 0.3) is 11.9 Å². The minimum atomic E-state index is -0.772. The van der Waals surface area contributed by atoms with Crippen LogP contribution in [0, 0.1) is 0 Å². The van der Waals surface area contributed by atoms with Crippen molar-refractivity contribution in [2.75, 3.05) is 13.1 Å². The van der Waals surface area contributed by atoms with Crippen molar-refractivity contribution in [2.24, 2.45) is 0 Å². The van der Waals surface area contributed by atoms with Crippen LogP contribution in [0.3, 0.4) is 0 Å². The maximum atomic E-state index is 11.3. The fourth-order valence-corrected chi connectivity index (χ4v) is 3.35. The predicted molar refractivity (Wildman–Crippen MR) is 88.4 cm³/mol. The number of aromatic nitrogens is 1. The van der Waals surface area contributed by atoms with Gasteiger partial charge in [-0.2, -0.15) is 0 Å². The molecule has 0 aliphatic carbocycles. The normalized spacial score (nSPS) is 26.3. The van der Waals surface area contributed by atoms with E-state index in [1.54, 1.807) is 0 Å². The third-order valence-electron chi connectivity index (χ3n) is 4.71. The Morgan fingerprint density at radius 3 is 2.78 bits per heavy atom. The molecule has 2 unspecified atom stereocenters. The summed E-state index contributed by atoms with van der Waals surface area (Å²) in [6.07, 6.45) is 5.57. The van der Waals surface area contributed by atoms with Crippen molar-refractivity contribution in [3.05, 3.63) is 59.4 Å². The second kappa shape index (κ2) is 5.37. The van der Waals surface area contributed by atoms with Crippen molar-refractivity contribution in [1.29, 1.82) is 0 Å². The minimum Gasteiger partial charge on any atom is -0.384 e. The van der Waals surface area contributed by atoms with Crippen LogP contribution in [-0.4, -0.2) is 29.0 Å². The number of hydrogen-bond donors (Lipinski definition) is 3. The molecule has 23 heavy (non-hydrogen) atoms. The second-order valence-corrected chi connectivity index (χ2v) is 6.18. The predicted octanol–water partition coefficient (Wildman–Crippen LogP) is 1.47. The minimum absolute atomic E-state index is 0.340. The molecule has 4 rings (SSSR count). The highest BCUT2D eigenvalue weighted by atomic mass is 16.3. The zero-order chi connectivity index (χ0) is 15.9. The Morgan fingerprint density at radius 1 is 1.26 bits per heavy atom. The van der Waals surface area contributed by atoms with Gasteiger partial charge in [-0.25, -0.2) is 0 Å². The van der Waals surface area contributed by atoms with E-state index in [2.05, 4.69) is 10.6 Å². The zero-order valence-electron chi connectivity index (χ0n) is 12.7. The van der Waals surface area contributed by atoms with Gasteiger partial charge in [0.15, 0.2) is 0 Å². The number of hydrogen-bond acceptors (Lipinski definition) is 4. The number of nitrogens with zero attached hydrogens (tertiary/aromatic N) is 1. The topological polar surface area (TPSA) is 66.3 Å². The Labute approximate surface area is 134 Å². The fraction of sp³-hybridized carbons (Fsp3) is 0.278. The summed E-state index contributed by atoms with van der Waals surface area (Å²) in [7, 11) is 0. The average Bonchev–Trinajstić information content (AvgIpc) is 3.23. The molecule has 0 saturated carbocycles. The van der Waals surface area contributed by atoms with Gasteiger partial charge in [-0.1, -0.05) is 24.3 Å². The third kappa shape index (κ3) is 2.38. The van der Waals surface area contributed by atoms with Gasteiger partial charge in [0.05, 0.1) is 11.4 Å². The summed E-state index contributed by atoms with van der Waals surface area (Å²) < 4.78 is 1.97. The van der Waals surface area contributed by atoms with Crippen LogP contribution in [0.1, 0.15) is 29.3 Å². The van der Waals surface area contributed by atoms with E-state index in [0.717, 1.165) is 41.8 Å². The van der Waals surface area contributed by atoms with Gasteiger partial charge >= 0.3 is 0 Å². The third-order valence-corrected chi connectivity index (χ3v) is 4.71. The molecule has 1 saturated heterocycles. The molecule has 5 nitrogen and oxygen atoms in total. The highest BCUT2D eigenvalue weighted by Crippen LogP contribution is 2.30. The number of β-amino-alcohol motifs (C(OH)–C–C–N with tert-alkyl or cyclic N) is 1. The Balaban J connectivity index is 1.65. The first kappa shape index (κ1) is 14.2. The van der Waals surface area contributed by atoms with E-state index in [0.29, 0.717) is 6.54 Å². The maximum absolute atomic E-state index is 11.3. The first-order valence-electron chi connectivity index (χ1n) is 7.84. The van der Waals surface area contributed by atoms with Crippen LogP contribution in [0.5, 0.6) is 0 Å². The van der Waals surface area contributed by atoms with E-state index in [1.807, 2.05) is 53.4 Å². The van der Waals surface area contributed by atoms with Crippen molar-refractivity contribution >= 4 is 18.2 Å². The number of rotatable bonds is 3. The maximum Gasteiger partial charge on any atom is 0.148 e. The SMILES string of the molecule is O=CC1NC(c2ccc(C3(O)CCNC3)cc2)=Cn2cccc21. The molecular formula is C18H19N3O2. The highest BCUT2D eigenvalue weighted by Gasteiger charge is 2.32. The molecule has 1 aromatic heterocycles. The summed E-state index contributed by atoms with van der Waals surface area (Å²) in [4.78, 5) is 11.3. The summed E-state index contributed by atoms with van der Waals surface area (Å²) in [5, 5.41) is 17.1. The lowest BCUT2D eigenvalue weighted by molar-refractivity contribution is -0.109. The molecule has 1 fully saturated rings. The molecule has 2 atom stereocenters. The van der Waals surface area contributed by atoms with Gasteiger partial charge in [-0.15, -0.1) is 0 Å². The smallest absolute Gasteiger partial charge is 0.148 e. The number of aldehydes is 1. The van der Waals surface area contributed by atoms with E-state index in [9.17, 15) is 9.90 Å². The van der Waals surface area contributed by atoms with Crippen LogP contribution in [0.4, 0.5) is 0 Å². The average molecular weight is 309 g/mol. The van der Waals surface area contributed by atoms with Gasteiger partial charge in [0, 0.05) is 18.9 Å². The van der Waals surface area contributed by atoms with Gasteiger partial charge in [-0.3, -0.25) is 0 Å². The van der Waals surface area contributed by atoms with Crippen molar-refractivity contribution in [1.82, 2.24) is 15.2 Å². The first-order chi connectivity index (χ1) is 11.2. The van der Waals surface area contributed by atoms with E-state index in [-0.39, 0.29) is 6.04 Å². The largest absolute Gasteiger partial charge is 0.384 e. The standard InChI is InChI=1S/C18H19N3O2/c22-11-16-17-2-1-9-21(17)10-15(20-16)13-3-5-14(6-4-13)18(23)7-8-19-12-18/h1-6,9-11,16,19-20,23H,7-8,12H2. The molecule has 3 N–H and O–H groups in total. The van der Waals surface area contributed by atoms with Crippen LogP contribution < -0.4 is 10.6 Å². The molecule has 1 aromatic carbocycles. The Hall–Kier alpha value is -2.37. The Kier molecular flexibility index (Phi) is 3.32. The van der Waals surface area contributed by atoms with Crippen LogP contribution >= 0.6 is 0 Å². The van der Waals surface area contributed by atoms with Crippen LogP contribution in [0.15, 0.2) is 42.6 Å². The number of carbonyl (C=O) groups excluding carboxylic acids is 1. The molecule has 118 valence electrons. The number of benzene rings is 1. The lowest BCUT2D eigenvalue weighted by Gasteiger charge is -2.25. The van der Waals surface area contributed by atoms with E-state index < -0.39 is 5.60 Å². The molecule has 0 bridgehead atoms. The molecule has 5 heteroatoms. The first-order valence-corrected chi connectivity index (χ1v) is 7.84. The fourth-order valence-electron chi connectivity index (χ4n) is 3.35. The molecular weight excluding hydrogens is 290 g/mol. The summed E-state index contributed by atoms with van der Waals surface area (Å²) in [5.74, 6) is 0. The van der Waals surface area contributed by atoms with Gasteiger partial charge in [0.2, 0.25) is 0 Å². The van der Waals surface area contributed by atoms with Crippen LogP contribution in [-0.2, 0) is 10.4 Å². The molecule has 3 heterocycles. The van der Waals surface area contributed by atoms with E-state index in [1.165, 1.54) is 0 Å².